The van der Waals surface area contributed by atoms with E-state index in [1.54, 1.807) is 0 Å². The van der Waals surface area contributed by atoms with Crippen molar-refractivity contribution in [2.75, 3.05) is 0 Å². The van der Waals surface area contributed by atoms with Crippen LogP contribution in [0.4, 0.5) is 0 Å². The van der Waals surface area contributed by atoms with Gasteiger partial charge in [0.25, 0.3) is 0 Å². The van der Waals surface area contributed by atoms with Crippen LogP contribution in [0, 0.1) is 0 Å². The van der Waals surface area contributed by atoms with Gasteiger partial charge in [0.1, 0.15) is 6.10 Å². The predicted octanol–water partition coefficient (Wildman–Crippen LogP) is 1.58. The first-order valence-electron chi connectivity index (χ1n) is 8.29. The highest BCUT2D eigenvalue weighted by Gasteiger charge is 2.39. The molecule has 4 nitrogen and oxygen atoms in total. The molecule has 0 bridgehead atoms. The second kappa shape index (κ2) is 7.55. The van der Waals surface area contributed by atoms with E-state index in [4.69, 9.17) is 0 Å². The number of aryl methyl sites for hydroxylation is 1. The van der Waals surface area contributed by atoms with Crippen molar-refractivity contribution >= 4 is 0 Å². The average Bonchev–Trinajstić information content (AvgIpc) is 2.50. The van der Waals surface area contributed by atoms with Crippen molar-refractivity contribution in [2.24, 2.45) is 0 Å². The van der Waals surface area contributed by atoms with Crippen LogP contribution in [0.15, 0.2) is 24.3 Å². The maximum atomic E-state index is 10.0. The van der Waals surface area contributed by atoms with Crippen molar-refractivity contribution in [3.63, 3.8) is 0 Å². The third-order valence-corrected chi connectivity index (χ3v) is 4.73. The molecule has 1 aliphatic rings. The maximum absolute atomic E-state index is 10.0. The van der Waals surface area contributed by atoms with Gasteiger partial charge in [-0.05, 0) is 43.2 Å². The van der Waals surface area contributed by atoms with Crippen LogP contribution >= 0.6 is 0 Å². The van der Waals surface area contributed by atoms with Crippen molar-refractivity contribution in [1.82, 2.24) is 5.32 Å². The molecule has 1 aromatic rings. The highest BCUT2D eigenvalue weighted by atomic mass is 16.4. The number of piperidine rings is 1. The Balaban J connectivity index is 1.83. The molecule has 4 heteroatoms. The molecule has 124 valence electrons. The van der Waals surface area contributed by atoms with Gasteiger partial charge in [-0.1, -0.05) is 38.1 Å². The van der Waals surface area contributed by atoms with Crippen LogP contribution in [0.2, 0.25) is 0 Å². The summed E-state index contributed by atoms with van der Waals surface area (Å²) in [5, 5.41) is 32.8. The first-order chi connectivity index (χ1) is 10.4. The highest BCUT2D eigenvalue weighted by Crippen LogP contribution is 2.20. The second-order valence-corrected chi connectivity index (χ2v) is 6.82. The van der Waals surface area contributed by atoms with Crippen LogP contribution in [-0.2, 0) is 6.42 Å². The number of hydrogen-bond acceptors (Lipinski definition) is 4. The molecule has 1 fully saturated rings. The summed E-state index contributed by atoms with van der Waals surface area (Å²) < 4.78 is 0. The Morgan fingerprint density at radius 1 is 1.00 bits per heavy atom. The van der Waals surface area contributed by atoms with Crippen LogP contribution in [-0.4, -0.2) is 45.7 Å². The minimum Gasteiger partial charge on any atom is -0.389 e. The Morgan fingerprint density at radius 3 is 2.23 bits per heavy atom. The van der Waals surface area contributed by atoms with Crippen molar-refractivity contribution in [1.29, 1.82) is 0 Å². The summed E-state index contributed by atoms with van der Waals surface area (Å²) in [5.41, 5.74) is 2.64. The summed E-state index contributed by atoms with van der Waals surface area (Å²) in [6.45, 7) is 6.20. The molecule has 0 amide bonds. The fraction of sp³-hybridized carbons (Fsp3) is 0.667. The molecule has 0 radical (unpaired) electrons. The normalized spacial score (nSPS) is 32.4. The van der Waals surface area contributed by atoms with E-state index < -0.39 is 18.3 Å². The molecule has 2 rings (SSSR count). The highest BCUT2D eigenvalue weighted by molar-refractivity contribution is 5.24. The van der Waals surface area contributed by atoms with Crippen molar-refractivity contribution in [2.45, 2.75) is 76.3 Å². The topological polar surface area (TPSA) is 72.7 Å². The van der Waals surface area contributed by atoms with Crippen LogP contribution in [0.1, 0.15) is 50.7 Å². The summed E-state index contributed by atoms with van der Waals surface area (Å²) in [4.78, 5) is 0. The summed E-state index contributed by atoms with van der Waals surface area (Å²) in [5.74, 6) is 0.546. The molecule has 0 aliphatic carbocycles. The molecule has 1 heterocycles. The predicted molar refractivity (Wildman–Crippen MR) is 87.9 cm³/mol. The lowest BCUT2D eigenvalue weighted by molar-refractivity contribution is -0.111. The average molecular weight is 307 g/mol. The van der Waals surface area contributed by atoms with Gasteiger partial charge in [0, 0.05) is 12.1 Å². The van der Waals surface area contributed by atoms with Crippen LogP contribution in [0.3, 0.4) is 0 Å². The number of aliphatic hydroxyl groups excluding tert-OH is 3. The van der Waals surface area contributed by atoms with Crippen molar-refractivity contribution in [3.8, 4) is 0 Å². The third-order valence-electron chi connectivity index (χ3n) is 4.73. The van der Waals surface area contributed by atoms with Gasteiger partial charge in [-0.15, -0.1) is 0 Å². The van der Waals surface area contributed by atoms with E-state index in [1.165, 1.54) is 11.1 Å². The SMILES string of the molecule is CC(C)c1ccc(CCC[C@H]2N[C@@H](C)[C@@H](O)[C@@H](O)[C@@H]2O)cc1. The lowest BCUT2D eigenvalue weighted by Crippen LogP contribution is -2.63. The van der Waals surface area contributed by atoms with E-state index in [0.717, 1.165) is 19.3 Å². The largest absolute Gasteiger partial charge is 0.389 e. The van der Waals surface area contributed by atoms with Crippen LogP contribution in [0.25, 0.3) is 0 Å². The Labute approximate surface area is 133 Å². The number of benzene rings is 1. The van der Waals surface area contributed by atoms with E-state index in [2.05, 4.69) is 43.4 Å². The molecule has 0 aromatic heterocycles. The summed E-state index contributed by atoms with van der Waals surface area (Å²) in [6.07, 6.45) is -0.209. The number of aliphatic hydroxyl groups is 3. The van der Waals surface area contributed by atoms with E-state index in [1.807, 2.05) is 6.92 Å². The number of rotatable bonds is 5. The Kier molecular flexibility index (Phi) is 5.98. The van der Waals surface area contributed by atoms with Crippen molar-refractivity contribution in [3.05, 3.63) is 35.4 Å². The van der Waals surface area contributed by atoms with E-state index in [-0.39, 0.29) is 12.1 Å². The Bertz CT molecular complexity index is 460. The van der Waals surface area contributed by atoms with Crippen LogP contribution < -0.4 is 5.32 Å². The molecule has 1 aliphatic heterocycles. The second-order valence-electron chi connectivity index (χ2n) is 6.82. The maximum Gasteiger partial charge on any atom is 0.109 e. The van der Waals surface area contributed by atoms with Gasteiger partial charge < -0.3 is 20.6 Å². The van der Waals surface area contributed by atoms with Gasteiger partial charge in [-0.2, -0.15) is 0 Å². The molecule has 1 aromatic carbocycles. The van der Waals surface area contributed by atoms with Gasteiger partial charge in [0.15, 0.2) is 0 Å². The fourth-order valence-corrected chi connectivity index (χ4v) is 3.12. The molecule has 0 unspecified atom stereocenters. The van der Waals surface area contributed by atoms with Gasteiger partial charge in [0.2, 0.25) is 0 Å². The Hall–Kier alpha value is -0.940. The molecule has 1 saturated heterocycles. The molecule has 0 saturated carbocycles. The monoisotopic (exact) mass is 307 g/mol. The zero-order chi connectivity index (χ0) is 16.3. The number of nitrogens with one attached hydrogen (secondary N) is 1. The van der Waals surface area contributed by atoms with E-state index in [0.29, 0.717) is 5.92 Å². The minimum absolute atomic E-state index is 0.164. The quantitative estimate of drug-likeness (QED) is 0.666. The first-order valence-corrected chi connectivity index (χ1v) is 8.29. The fourth-order valence-electron chi connectivity index (χ4n) is 3.12. The smallest absolute Gasteiger partial charge is 0.109 e. The first kappa shape index (κ1) is 17.4. The minimum atomic E-state index is -1.06. The standard InChI is InChI=1S/C18H29NO3/c1-11(2)14-9-7-13(8-10-14)5-4-6-15-17(21)18(22)16(20)12(3)19-15/h7-12,15-22H,4-6H2,1-3H3/t12-,15+,16+,17+,18+/m0/s1. The molecule has 22 heavy (non-hydrogen) atoms. The van der Waals surface area contributed by atoms with Gasteiger partial charge >= 0.3 is 0 Å². The van der Waals surface area contributed by atoms with Gasteiger partial charge in [-0.3, -0.25) is 0 Å². The molecule has 4 N–H and O–H groups in total. The van der Waals surface area contributed by atoms with E-state index in [9.17, 15) is 15.3 Å². The zero-order valence-electron chi connectivity index (χ0n) is 13.7. The van der Waals surface area contributed by atoms with Crippen molar-refractivity contribution < 1.29 is 15.3 Å². The number of hydrogen-bond donors (Lipinski definition) is 4. The van der Waals surface area contributed by atoms with Crippen LogP contribution in [0.5, 0.6) is 0 Å². The third kappa shape index (κ3) is 4.07. The lowest BCUT2D eigenvalue weighted by atomic mass is 9.88. The Morgan fingerprint density at radius 2 is 1.64 bits per heavy atom. The zero-order valence-corrected chi connectivity index (χ0v) is 13.7. The molecular weight excluding hydrogens is 278 g/mol. The summed E-state index contributed by atoms with van der Waals surface area (Å²) in [7, 11) is 0. The van der Waals surface area contributed by atoms with Gasteiger partial charge in [-0.25, -0.2) is 0 Å². The van der Waals surface area contributed by atoms with Gasteiger partial charge in [0.05, 0.1) is 12.2 Å². The summed E-state index contributed by atoms with van der Waals surface area (Å²) in [6, 6.07) is 8.33. The molecule has 0 spiro atoms. The lowest BCUT2D eigenvalue weighted by Gasteiger charge is -2.40. The van der Waals surface area contributed by atoms with E-state index >= 15 is 0 Å². The summed E-state index contributed by atoms with van der Waals surface area (Å²) >= 11 is 0. The molecule has 5 atom stereocenters. The molecular formula is C18H29NO3.